The maximum Gasteiger partial charge on any atom is 0.160 e. The quantitative estimate of drug-likeness (QED) is 0.907. The Bertz CT molecular complexity index is 616. The number of hydrogen-bond donors (Lipinski definition) is 1. The molecule has 2 unspecified atom stereocenters. The lowest BCUT2D eigenvalue weighted by Crippen LogP contribution is -2.24. The van der Waals surface area contributed by atoms with Gasteiger partial charge >= 0.3 is 0 Å². The molecule has 1 aromatic rings. The van der Waals surface area contributed by atoms with Gasteiger partial charge in [-0.15, -0.1) is 0 Å². The lowest BCUT2D eigenvalue weighted by molar-refractivity contribution is 0.353. The van der Waals surface area contributed by atoms with Crippen molar-refractivity contribution in [3.63, 3.8) is 0 Å². The van der Waals surface area contributed by atoms with Gasteiger partial charge in [0.2, 0.25) is 0 Å². The molecule has 110 valence electrons. The van der Waals surface area contributed by atoms with Crippen molar-refractivity contribution in [1.82, 2.24) is 0 Å². The van der Waals surface area contributed by atoms with Crippen LogP contribution < -0.4 is 9.47 Å². The molecule has 3 rings (SSSR count). The number of hydrogen-bond acceptors (Lipinski definition) is 3. The molecule has 3 nitrogen and oxygen atoms in total. The van der Waals surface area contributed by atoms with Gasteiger partial charge in [-0.2, -0.15) is 0 Å². The number of methoxy groups -OCH3 is 2. The number of ether oxygens (including phenoxy) is 2. The van der Waals surface area contributed by atoms with Crippen LogP contribution in [0.1, 0.15) is 30.7 Å². The Hall–Kier alpha value is -2.03. The highest BCUT2D eigenvalue weighted by Gasteiger charge is 2.31. The van der Waals surface area contributed by atoms with Crippen LogP contribution in [-0.4, -0.2) is 19.9 Å². The van der Waals surface area contributed by atoms with E-state index in [9.17, 15) is 0 Å². The fourth-order valence-corrected chi connectivity index (χ4v) is 3.45. The maximum atomic E-state index is 8.10. The number of nitrogens with one attached hydrogen (secondary N) is 1. The van der Waals surface area contributed by atoms with Crippen LogP contribution in [0, 0.1) is 11.3 Å². The molecule has 0 aliphatic heterocycles. The molecule has 1 aromatic carbocycles. The number of benzene rings is 1. The van der Waals surface area contributed by atoms with E-state index in [0.717, 1.165) is 30.8 Å². The van der Waals surface area contributed by atoms with Crippen LogP contribution in [0.5, 0.6) is 11.5 Å². The van der Waals surface area contributed by atoms with Gasteiger partial charge in [-0.05, 0) is 60.4 Å². The summed E-state index contributed by atoms with van der Waals surface area (Å²) in [5, 5.41) is 8.10. The van der Waals surface area contributed by atoms with E-state index in [1.54, 1.807) is 14.2 Å². The van der Waals surface area contributed by atoms with Gasteiger partial charge in [0.05, 0.1) is 14.2 Å². The Labute approximate surface area is 125 Å². The minimum atomic E-state index is 0.363. The van der Waals surface area contributed by atoms with Crippen LogP contribution in [0.4, 0.5) is 0 Å². The average Bonchev–Trinajstić information content (AvgIpc) is 2.53. The topological polar surface area (TPSA) is 42.3 Å². The summed E-state index contributed by atoms with van der Waals surface area (Å²) in [6, 6.07) is 6.15. The summed E-state index contributed by atoms with van der Waals surface area (Å²) in [5.74, 6) is 2.40. The zero-order chi connectivity index (χ0) is 14.8. The van der Waals surface area contributed by atoms with E-state index >= 15 is 0 Å². The summed E-state index contributed by atoms with van der Waals surface area (Å²) in [4.78, 5) is 0. The Balaban J connectivity index is 1.98. The molecule has 2 atom stereocenters. The van der Waals surface area contributed by atoms with Crippen LogP contribution in [0.2, 0.25) is 0 Å². The van der Waals surface area contributed by atoms with Crippen molar-refractivity contribution >= 4 is 5.71 Å². The van der Waals surface area contributed by atoms with E-state index in [4.69, 9.17) is 14.9 Å². The SMILES string of the molecule is COc1ccc(C2CC(=N)C=C3C=CCCC32)cc1OC. The van der Waals surface area contributed by atoms with E-state index in [1.165, 1.54) is 11.1 Å². The molecule has 3 heteroatoms. The summed E-state index contributed by atoms with van der Waals surface area (Å²) in [6.07, 6.45) is 9.53. The fourth-order valence-electron chi connectivity index (χ4n) is 3.45. The first-order valence-electron chi connectivity index (χ1n) is 7.40. The van der Waals surface area contributed by atoms with Gasteiger partial charge in [0.1, 0.15) is 0 Å². The molecule has 0 aromatic heterocycles. The van der Waals surface area contributed by atoms with Crippen molar-refractivity contribution < 1.29 is 9.47 Å². The van der Waals surface area contributed by atoms with Gasteiger partial charge in [0.25, 0.3) is 0 Å². The predicted octanol–water partition coefficient (Wildman–Crippen LogP) is 4.10. The summed E-state index contributed by atoms with van der Waals surface area (Å²) in [6.45, 7) is 0. The molecule has 0 bridgehead atoms. The van der Waals surface area contributed by atoms with Gasteiger partial charge in [-0.3, -0.25) is 0 Å². The van der Waals surface area contributed by atoms with Crippen LogP contribution in [0.3, 0.4) is 0 Å². The Morgan fingerprint density at radius 2 is 1.90 bits per heavy atom. The molecule has 0 spiro atoms. The zero-order valence-corrected chi connectivity index (χ0v) is 12.6. The van der Waals surface area contributed by atoms with Gasteiger partial charge in [0, 0.05) is 5.71 Å². The smallest absolute Gasteiger partial charge is 0.160 e. The Kier molecular flexibility index (Phi) is 3.82. The highest BCUT2D eigenvalue weighted by atomic mass is 16.5. The molecule has 0 amide bonds. The highest BCUT2D eigenvalue weighted by Crippen LogP contribution is 2.44. The van der Waals surface area contributed by atoms with Crippen molar-refractivity contribution in [2.75, 3.05) is 14.2 Å². The first-order chi connectivity index (χ1) is 10.2. The van der Waals surface area contributed by atoms with Gasteiger partial charge in [-0.25, -0.2) is 0 Å². The van der Waals surface area contributed by atoms with Crippen molar-refractivity contribution in [1.29, 1.82) is 5.41 Å². The molecular weight excluding hydrogens is 262 g/mol. The lowest BCUT2D eigenvalue weighted by Gasteiger charge is -2.34. The Morgan fingerprint density at radius 3 is 2.67 bits per heavy atom. The molecule has 0 saturated heterocycles. The standard InChI is InChI=1S/C18H21NO2/c1-20-17-8-7-13(10-18(17)21-2)16-11-14(19)9-12-5-3-4-6-15(12)16/h3,5,7-10,15-16,19H,4,6,11H2,1-2H3. The second kappa shape index (κ2) is 5.76. The molecule has 2 aliphatic rings. The minimum Gasteiger partial charge on any atom is -0.493 e. The van der Waals surface area contributed by atoms with E-state index in [1.807, 2.05) is 12.1 Å². The number of rotatable bonds is 3. The molecule has 0 fully saturated rings. The van der Waals surface area contributed by atoms with E-state index in [-0.39, 0.29) is 0 Å². The second-order valence-corrected chi connectivity index (χ2v) is 5.68. The van der Waals surface area contributed by atoms with Gasteiger partial charge in [0.15, 0.2) is 11.5 Å². The third-order valence-corrected chi connectivity index (χ3v) is 4.48. The Morgan fingerprint density at radius 1 is 1.10 bits per heavy atom. The first kappa shape index (κ1) is 13.9. The molecule has 21 heavy (non-hydrogen) atoms. The summed E-state index contributed by atoms with van der Waals surface area (Å²) in [5.41, 5.74) is 3.26. The minimum absolute atomic E-state index is 0.363. The van der Waals surface area contributed by atoms with Gasteiger partial charge < -0.3 is 14.9 Å². The molecular formula is C18H21NO2. The van der Waals surface area contributed by atoms with Crippen LogP contribution in [0.15, 0.2) is 42.0 Å². The largest absolute Gasteiger partial charge is 0.493 e. The predicted molar refractivity (Wildman–Crippen MR) is 84.6 cm³/mol. The lowest BCUT2D eigenvalue weighted by atomic mass is 9.70. The summed E-state index contributed by atoms with van der Waals surface area (Å²) in [7, 11) is 3.32. The van der Waals surface area contributed by atoms with Crippen molar-refractivity contribution in [3.05, 3.63) is 47.6 Å². The average molecular weight is 283 g/mol. The van der Waals surface area contributed by atoms with Crippen molar-refractivity contribution in [3.8, 4) is 11.5 Å². The van der Waals surface area contributed by atoms with E-state index in [0.29, 0.717) is 17.5 Å². The van der Waals surface area contributed by atoms with E-state index in [2.05, 4.69) is 24.3 Å². The summed E-state index contributed by atoms with van der Waals surface area (Å²) < 4.78 is 10.7. The van der Waals surface area contributed by atoms with Crippen molar-refractivity contribution in [2.45, 2.75) is 25.2 Å². The third-order valence-electron chi connectivity index (χ3n) is 4.48. The number of allylic oxidation sites excluding steroid dienone is 4. The van der Waals surface area contributed by atoms with E-state index < -0.39 is 0 Å². The highest BCUT2D eigenvalue weighted by molar-refractivity contribution is 5.95. The van der Waals surface area contributed by atoms with Crippen LogP contribution in [0.25, 0.3) is 0 Å². The van der Waals surface area contributed by atoms with Crippen LogP contribution in [-0.2, 0) is 0 Å². The third kappa shape index (κ3) is 2.60. The zero-order valence-electron chi connectivity index (χ0n) is 12.6. The number of fused-ring (bicyclic) bond motifs is 1. The van der Waals surface area contributed by atoms with Crippen LogP contribution >= 0.6 is 0 Å². The van der Waals surface area contributed by atoms with Crippen molar-refractivity contribution in [2.24, 2.45) is 5.92 Å². The fraction of sp³-hybridized carbons (Fsp3) is 0.389. The second-order valence-electron chi connectivity index (χ2n) is 5.68. The summed E-state index contributed by atoms with van der Waals surface area (Å²) >= 11 is 0. The first-order valence-corrected chi connectivity index (χ1v) is 7.40. The molecule has 0 radical (unpaired) electrons. The molecule has 0 heterocycles. The monoisotopic (exact) mass is 283 g/mol. The normalized spacial score (nSPS) is 24.3. The maximum absolute atomic E-state index is 8.10. The molecule has 0 saturated carbocycles. The van der Waals surface area contributed by atoms with Gasteiger partial charge in [-0.1, -0.05) is 18.2 Å². The molecule has 2 aliphatic carbocycles. The molecule has 1 N–H and O–H groups in total.